The number of thiophene rings is 1. The normalized spacial score (nSPS) is 16.6. The van der Waals surface area contributed by atoms with E-state index in [1.165, 1.54) is 18.3 Å². The Balaban J connectivity index is 2.91. The van der Waals surface area contributed by atoms with Crippen LogP contribution in [0.25, 0.3) is 0 Å². The van der Waals surface area contributed by atoms with Crippen LogP contribution in [0, 0.1) is 6.92 Å². The highest BCUT2D eigenvalue weighted by molar-refractivity contribution is 7.91. The van der Waals surface area contributed by atoms with Crippen LogP contribution >= 0.6 is 11.3 Å². The van der Waals surface area contributed by atoms with Crippen LogP contribution in [0.1, 0.15) is 22.8 Å². The second-order valence-corrected chi connectivity index (χ2v) is 7.15. The van der Waals surface area contributed by atoms with Crippen molar-refractivity contribution in [2.75, 3.05) is 6.26 Å². The predicted octanol–water partition coefficient (Wildman–Crippen LogP) is 1.52. The highest BCUT2D eigenvalue weighted by Crippen LogP contribution is 2.27. The maximum absolute atomic E-state index is 11.2. The van der Waals surface area contributed by atoms with Crippen molar-refractivity contribution in [3.05, 3.63) is 21.9 Å². The molecule has 2 unspecified atom stereocenters. The lowest BCUT2D eigenvalue weighted by Gasteiger charge is -2.15. The molecular weight excluding hydrogens is 220 g/mol. The highest BCUT2D eigenvalue weighted by Gasteiger charge is 2.26. The zero-order valence-electron chi connectivity index (χ0n) is 8.39. The lowest BCUT2D eigenvalue weighted by molar-refractivity contribution is 0.180. The van der Waals surface area contributed by atoms with Gasteiger partial charge in [-0.15, -0.1) is 11.3 Å². The van der Waals surface area contributed by atoms with Crippen LogP contribution in [0.3, 0.4) is 0 Å². The molecule has 0 aromatic carbocycles. The number of aliphatic hydroxyl groups is 1. The molecule has 0 radical (unpaired) electrons. The summed E-state index contributed by atoms with van der Waals surface area (Å²) >= 11 is 1.43. The Hall–Kier alpha value is -0.390. The topological polar surface area (TPSA) is 54.4 Å². The van der Waals surface area contributed by atoms with Gasteiger partial charge >= 0.3 is 0 Å². The van der Waals surface area contributed by atoms with Crippen LogP contribution in [0.5, 0.6) is 0 Å². The number of sulfone groups is 1. The van der Waals surface area contributed by atoms with Gasteiger partial charge in [-0.2, -0.15) is 0 Å². The number of hydrogen-bond acceptors (Lipinski definition) is 4. The van der Waals surface area contributed by atoms with E-state index in [-0.39, 0.29) is 0 Å². The third-order valence-electron chi connectivity index (χ3n) is 2.17. The van der Waals surface area contributed by atoms with E-state index in [1.54, 1.807) is 6.07 Å². The summed E-state index contributed by atoms with van der Waals surface area (Å²) < 4.78 is 22.4. The van der Waals surface area contributed by atoms with Crippen LogP contribution in [0.15, 0.2) is 12.1 Å². The van der Waals surface area contributed by atoms with Gasteiger partial charge in [0.2, 0.25) is 0 Å². The van der Waals surface area contributed by atoms with Crippen molar-refractivity contribution in [2.24, 2.45) is 0 Å². The van der Waals surface area contributed by atoms with Gasteiger partial charge in [0.25, 0.3) is 0 Å². The molecule has 1 aromatic heterocycles. The summed E-state index contributed by atoms with van der Waals surface area (Å²) in [7, 11) is -3.18. The Labute approximate surface area is 88.3 Å². The largest absolute Gasteiger partial charge is 0.386 e. The minimum atomic E-state index is -3.18. The van der Waals surface area contributed by atoms with Crippen molar-refractivity contribution in [1.82, 2.24) is 0 Å². The molecule has 0 aliphatic carbocycles. The molecule has 1 heterocycles. The molecule has 1 aromatic rings. The minimum Gasteiger partial charge on any atom is -0.386 e. The van der Waals surface area contributed by atoms with Crippen LogP contribution in [0.4, 0.5) is 0 Å². The zero-order chi connectivity index (χ0) is 10.9. The lowest BCUT2D eigenvalue weighted by atomic mass is 10.2. The second kappa shape index (κ2) is 4.00. The number of aryl methyl sites for hydroxylation is 1. The van der Waals surface area contributed by atoms with E-state index in [4.69, 9.17) is 0 Å². The van der Waals surface area contributed by atoms with Crippen LogP contribution in [-0.4, -0.2) is 25.0 Å². The first-order valence-electron chi connectivity index (χ1n) is 4.25. The Morgan fingerprint density at radius 2 is 2.00 bits per heavy atom. The van der Waals surface area contributed by atoms with Crippen LogP contribution in [-0.2, 0) is 9.84 Å². The summed E-state index contributed by atoms with van der Waals surface area (Å²) in [5, 5.41) is 9.02. The van der Waals surface area contributed by atoms with Gasteiger partial charge in [0.05, 0.1) is 5.25 Å². The fourth-order valence-electron chi connectivity index (χ4n) is 1.08. The first kappa shape index (κ1) is 11.7. The predicted molar refractivity (Wildman–Crippen MR) is 58.3 cm³/mol. The molecule has 1 rings (SSSR count). The van der Waals surface area contributed by atoms with E-state index in [0.717, 1.165) is 11.1 Å². The van der Waals surface area contributed by atoms with Gasteiger partial charge in [-0.1, -0.05) is 0 Å². The fourth-order valence-corrected chi connectivity index (χ4v) is 2.75. The molecule has 0 saturated carbocycles. The Morgan fingerprint density at radius 3 is 2.36 bits per heavy atom. The van der Waals surface area contributed by atoms with Crippen molar-refractivity contribution < 1.29 is 13.5 Å². The standard InChI is InChI=1S/C9H14O3S2/c1-6-4-5-8(13-6)9(10)7(2)14(3,11)12/h4-5,7,9-10H,1-3H3. The Morgan fingerprint density at radius 1 is 1.43 bits per heavy atom. The molecule has 80 valence electrons. The van der Waals surface area contributed by atoms with Gasteiger partial charge in [0.15, 0.2) is 9.84 Å². The van der Waals surface area contributed by atoms with E-state index in [1.807, 2.05) is 13.0 Å². The SMILES string of the molecule is Cc1ccc(C(O)C(C)S(C)(=O)=O)s1. The molecule has 0 bridgehead atoms. The third kappa shape index (κ3) is 2.56. The zero-order valence-corrected chi connectivity index (χ0v) is 10.0. The average Bonchev–Trinajstić information content (AvgIpc) is 2.47. The van der Waals surface area contributed by atoms with Crippen LogP contribution in [0.2, 0.25) is 0 Å². The molecule has 0 amide bonds. The van der Waals surface area contributed by atoms with Crippen molar-refractivity contribution in [1.29, 1.82) is 0 Å². The van der Waals surface area contributed by atoms with E-state index in [2.05, 4.69) is 0 Å². The monoisotopic (exact) mass is 234 g/mol. The van der Waals surface area contributed by atoms with Gasteiger partial charge < -0.3 is 5.11 Å². The second-order valence-electron chi connectivity index (χ2n) is 3.43. The minimum absolute atomic E-state index is 0.709. The Kier molecular flexibility index (Phi) is 3.34. The molecule has 14 heavy (non-hydrogen) atoms. The maximum Gasteiger partial charge on any atom is 0.152 e. The van der Waals surface area contributed by atoms with E-state index < -0.39 is 21.2 Å². The fraction of sp³-hybridized carbons (Fsp3) is 0.556. The summed E-state index contributed by atoms with van der Waals surface area (Å²) in [5.74, 6) is 0. The molecule has 0 aliphatic rings. The lowest BCUT2D eigenvalue weighted by Crippen LogP contribution is -2.23. The number of rotatable bonds is 3. The molecule has 2 atom stereocenters. The summed E-state index contributed by atoms with van der Waals surface area (Å²) in [6.07, 6.45) is 0.227. The molecule has 0 spiro atoms. The van der Waals surface area contributed by atoms with E-state index in [0.29, 0.717) is 4.88 Å². The Bertz CT molecular complexity index is 405. The molecule has 0 aliphatic heterocycles. The summed E-state index contributed by atoms with van der Waals surface area (Å²) in [4.78, 5) is 1.78. The summed E-state index contributed by atoms with van der Waals surface area (Å²) in [5.41, 5.74) is 0. The third-order valence-corrected chi connectivity index (χ3v) is 4.85. The van der Waals surface area contributed by atoms with Gasteiger partial charge in [0.1, 0.15) is 6.10 Å². The summed E-state index contributed by atoms with van der Waals surface area (Å²) in [6.45, 7) is 3.45. The van der Waals surface area contributed by atoms with Crippen molar-refractivity contribution in [2.45, 2.75) is 25.2 Å². The smallest absolute Gasteiger partial charge is 0.152 e. The van der Waals surface area contributed by atoms with Gasteiger partial charge in [-0.05, 0) is 26.0 Å². The number of hydrogen-bond donors (Lipinski definition) is 1. The molecule has 1 N–H and O–H groups in total. The van der Waals surface area contributed by atoms with Gasteiger partial charge in [0, 0.05) is 16.0 Å². The molecule has 3 nitrogen and oxygen atoms in total. The highest BCUT2D eigenvalue weighted by atomic mass is 32.2. The summed E-state index contributed by atoms with van der Waals surface area (Å²) in [6, 6.07) is 3.64. The average molecular weight is 234 g/mol. The molecule has 5 heteroatoms. The van der Waals surface area contributed by atoms with E-state index >= 15 is 0 Å². The molecular formula is C9H14O3S2. The van der Waals surface area contributed by atoms with Gasteiger partial charge in [-0.3, -0.25) is 0 Å². The van der Waals surface area contributed by atoms with Crippen molar-refractivity contribution >= 4 is 21.2 Å². The first-order valence-corrected chi connectivity index (χ1v) is 7.02. The van der Waals surface area contributed by atoms with Crippen LogP contribution < -0.4 is 0 Å². The maximum atomic E-state index is 11.2. The number of aliphatic hydroxyl groups excluding tert-OH is 1. The molecule has 0 fully saturated rings. The molecule has 0 saturated heterocycles. The quantitative estimate of drug-likeness (QED) is 0.862. The van der Waals surface area contributed by atoms with Crippen molar-refractivity contribution in [3.63, 3.8) is 0 Å². The van der Waals surface area contributed by atoms with Gasteiger partial charge in [-0.25, -0.2) is 8.42 Å². The first-order chi connectivity index (χ1) is 6.32. The van der Waals surface area contributed by atoms with Crippen molar-refractivity contribution in [3.8, 4) is 0 Å². The van der Waals surface area contributed by atoms with E-state index in [9.17, 15) is 13.5 Å².